The van der Waals surface area contributed by atoms with E-state index in [9.17, 15) is 10.1 Å². The highest BCUT2D eigenvalue weighted by atomic mass is 16.5. The van der Waals surface area contributed by atoms with E-state index in [1.807, 2.05) is 43.3 Å². The van der Waals surface area contributed by atoms with Crippen LogP contribution in [0.25, 0.3) is 22.0 Å². The lowest BCUT2D eigenvalue weighted by atomic mass is 10.0. The second kappa shape index (κ2) is 6.37. The fourth-order valence-electron chi connectivity index (χ4n) is 2.89. The van der Waals surface area contributed by atoms with Crippen LogP contribution in [0.3, 0.4) is 0 Å². The van der Waals surface area contributed by atoms with E-state index in [0.717, 1.165) is 16.7 Å². The van der Waals surface area contributed by atoms with Crippen LogP contribution in [0.1, 0.15) is 29.2 Å². The lowest BCUT2D eigenvalue weighted by molar-refractivity contribution is 0.0966. The minimum absolute atomic E-state index is 0.104. The number of rotatable bonds is 5. The number of benzene rings is 2. The van der Waals surface area contributed by atoms with Crippen LogP contribution in [-0.2, 0) is 0 Å². The Balaban J connectivity index is 1.70. The number of hydrogen-bond donors (Lipinski definition) is 1. The number of carbonyl (C=O) groups is 1. The average molecular weight is 345 g/mol. The summed E-state index contributed by atoms with van der Waals surface area (Å²) in [5, 5.41) is 10.4. The van der Waals surface area contributed by atoms with Crippen molar-refractivity contribution in [2.24, 2.45) is 0 Å². The Hall–Kier alpha value is -3.59. The third-order valence-electron chi connectivity index (χ3n) is 4.12. The summed E-state index contributed by atoms with van der Waals surface area (Å²) in [6.07, 6.45) is 0. The van der Waals surface area contributed by atoms with Gasteiger partial charge in [0.15, 0.2) is 11.5 Å². The zero-order chi connectivity index (χ0) is 18.1. The minimum Gasteiger partial charge on any atom is -0.494 e. The molecule has 0 aliphatic rings. The van der Waals surface area contributed by atoms with Crippen molar-refractivity contribution in [1.29, 1.82) is 5.26 Å². The first-order chi connectivity index (χ1) is 12.7. The first-order valence-electron chi connectivity index (χ1n) is 8.24. The number of carbonyl (C=O) groups excluding carboxylic acids is 1. The van der Waals surface area contributed by atoms with Crippen molar-refractivity contribution < 1.29 is 13.9 Å². The van der Waals surface area contributed by atoms with Crippen LogP contribution in [0.4, 0.5) is 0 Å². The van der Waals surface area contributed by atoms with Gasteiger partial charge in [0.2, 0.25) is 11.7 Å². The molecule has 1 atom stereocenters. The largest absolute Gasteiger partial charge is 0.494 e. The molecule has 0 aliphatic carbocycles. The van der Waals surface area contributed by atoms with Gasteiger partial charge in [-0.3, -0.25) is 4.79 Å². The molecule has 0 fully saturated rings. The quantitative estimate of drug-likeness (QED) is 0.547. The Labute approximate surface area is 149 Å². The molecule has 1 unspecified atom stereocenters. The second-order valence-corrected chi connectivity index (χ2v) is 5.81. The topological polar surface area (TPSA) is 91.9 Å². The number of aromatic nitrogens is 2. The molecule has 0 saturated heterocycles. The summed E-state index contributed by atoms with van der Waals surface area (Å²) in [7, 11) is 0. The molecule has 26 heavy (non-hydrogen) atoms. The summed E-state index contributed by atoms with van der Waals surface area (Å²) >= 11 is 0. The van der Waals surface area contributed by atoms with Gasteiger partial charge >= 0.3 is 0 Å². The number of para-hydroxylation sites is 2. The summed E-state index contributed by atoms with van der Waals surface area (Å²) < 4.78 is 11.1. The Morgan fingerprint density at radius 1 is 1.31 bits per heavy atom. The summed E-state index contributed by atoms with van der Waals surface area (Å²) in [6, 6.07) is 16.4. The Bertz CT molecular complexity index is 1120. The third-order valence-corrected chi connectivity index (χ3v) is 4.12. The number of nitrogens with one attached hydrogen (secondary N) is 1. The molecule has 0 bridgehead atoms. The molecule has 1 N–H and O–H groups in total. The zero-order valence-corrected chi connectivity index (χ0v) is 14.0. The number of Topliss-reactive ketones (excluding diaryl/α,β-unsaturated/α-hetero) is 1. The predicted octanol–water partition coefficient (Wildman–Crippen LogP) is 4.20. The molecule has 0 amide bonds. The molecule has 2 heterocycles. The predicted molar refractivity (Wildman–Crippen MR) is 96.2 cm³/mol. The summed E-state index contributed by atoms with van der Waals surface area (Å²) in [4.78, 5) is 20.2. The van der Waals surface area contributed by atoms with Crippen molar-refractivity contribution in [3.63, 3.8) is 0 Å². The van der Waals surface area contributed by atoms with Gasteiger partial charge in [0.1, 0.15) is 11.3 Å². The molecular formula is C20H15N3O3. The van der Waals surface area contributed by atoms with Crippen LogP contribution in [0, 0.1) is 11.3 Å². The van der Waals surface area contributed by atoms with Gasteiger partial charge in [-0.1, -0.05) is 12.1 Å². The number of ether oxygens (including phenoxy) is 1. The number of oxazole rings is 1. The van der Waals surface area contributed by atoms with Crippen LogP contribution < -0.4 is 4.74 Å². The molecule has 2 aromatic heterocycles. The van der Waals surface area contributed by atoms with E-state index < -0.39 is 5.92 Å². The van der Waals surface area contributed by atoms with Crippen molar-refractivity contribution in [2.75, 3.05) is 6.61 Å². The van der Waals surface area contributed by atoms with Gasteiger partial charge in [-0.2, -0.15) is 5.26 Å². The second-order valence-electron chi connectivity index (χ2n) is 5.81. The summed E-state index contributed by atoms with van der Waals surface area (Å²) in [5.41, 5.74) is 2.28. The average Bonchev–Trinajstić information content (AvgIpc) is 3.25. The van der Waals surface area contributed by atoms with Crippen molar-refractivity contribution >= 4 is 27.8 Å². The number of aromatic amines is 1. The van der Waals surface area contributed by atoms with Crippen molar-refractivity contribution in [3.05, 3.63) is 60.1 Å². The molecule has 0 spiro atoms. The molecule has 6 heteroatoms. The lowest BCUT2D eigenvalue weighted by Crippen LogP contribution is -2.12. The number of nitrogens with zero attached hydrogens (tertiary/aromatic N) is 2. The zero-order valence-electron chi connectivity index (χ0n) is 14.0. The standard InChI is InChI=1S/C20H15N3O3/c1-2-25-13-8-7-12-9-17(22-16(12)10-13)19(24)14(11-21)20-23-15-5-3-4-6-18(15)26-20/h3-10,14,22H,2H2,1H3. The highest BCUT2D eigenvalue weighted by molar-refractivity contribution is 6.04. The fraction of sp³-hybridized carbons (Fsp3) is 0.150. The molecule has 4 aromatic rings. The number of ketones is 1. The fourth-order valence-corrected chi connectivity index (χ4v) is 2.89. The van der Waals surface area contributed by atoms with Crippen LogP contribution in [0.5, 0.6) is 5.75 Å². The van der Waals surface area contributed by atoms with Crippen molar-refractivity contribution in [1.82, 2.24) is 9.97 Å². The first kappa shape index (κ1) is 15.9. The van der Waals surface area contributed by atoms with E-state index in [1.54, 1.807) is 18.2 Å². The van der Waals surface area contributed by atoms with E-state index in [0.29, 0.717) is 23.4 Å². The van der Waals surface area contributed by atoms with E-state index in [4.69, 9.17) is 9.15 Å². The Morgan fingerprint density at radius 2 is 2.15 bits per heavy atom. The highest BCUT2D eigenvalue weighted by Crippen LogP contribution is 2.27. The number of hydrogen-bond acceptors (Lipinski definition) is 5. The van der Waals surface area contributed by atoms with Crippen LogP contribution in [-0.4, -0.2) is 22.4 Å². The molecule has 0 aliphatic heterocycles. The van der Waals surface area contributed by atoms with Crippen molar-refractivity contribution in [2.45, 2.75) is 12.8 Å². The smallest absolute Gasteiger partial charge is 0.220 e. The molecule has 0 saturated carbocycles. The molecule has 0 radical (unpaired) electrons. The van der Waals surface area contributed by atoms with E-state index in [-0.39, 0.29) is 11.7 Å². The molecule has 2 aromatic carbocycles. The summed E-state index contributed by atoms with van der Waals surface area (Å²) in [6.45, 7) is 2.47. The minimum atomic E-state index is -1.11. The van der Waals surface area contributed by atoms with Crippen LogP contribution >= 0.6 is 0 Å². The Morgan fingerprint density at radius 3 is 2.92 bits per heavy atom. The SMILES string of the molecule is CCOc1ccc2cc(C(=O)C(C#N)c3nc4ccccc4o3)[nH]c2c1. The maximum Gasteiger partial charge on any atom is 0.220 e. The number of fused-ring (bicyclic) bond motifs is 2. The lowest BCUT2D eigenvalue weighted by Gasteiger charge is -2.02. The normalized spacial score (nSPS) is 12.2. The third kappa shape index (κ3) is 2.70. The van der Waals surface area contributed by atoms with Gasteiger partial charge < -0.3 is 14.1 Å². The van der Waals surface area contributed by atoms with Gasteiger partial charge in [-0.25, -0.2) is 4.98 Å². The highest BCUT2D eigenvalue weighted by Gasteiger charge is 2.28. The maximum atomic E-state index is 12.8. The first-order valence-corrected chi connectivity index (χ1v) is 8.24. The van der Waals surface area contributed by atoms with Crippen LogP contribution in [0.2, 0.25) is 0 Å². The Kier molecular flexibility index (Phi) is 3.90. The molecule has 6 nitrogen and oxygen atoms in total. The van der Waals surface area contributed by atoms with Gasteiger partial charge in [0, 0.05) is 17.0 Å². The van der Waals surface area contributed by atoms with Crippen LogP contribution in [0.15, 0.2) is 52.9 Å². The van der Waals surface area contributed by atoms with Gasteiger partial charge in [0.05, 0.1) is 18.4 Å². The number of H-pyrrole nitrogens is 1. The van der Waals surface area contributed by atoms with E-state index in [2.05, 4.69) is 9.97 Å². The maximum absolute atomic E-state index is 12.8. The van der Waals surface area contributed by atoms with Gasteiger partial charge in [-0.15, -0.1) is 0 Å². The van der Waals surface area contributed by atoms with Crippen molar-refractivity contribution in [3.8, 4) is 11.8 Å². The molecule has 4 rings (SSSR count). The van der Waals surface area contributed by atoms with Gasteiger partial charge in [0.25, 0.3) is 0 Å². The number of nitriles is 1. The van der Waals surface area contributed by atoms with Gasteiger partial charge in [-0.05, 0) is 37.3 Å². The summed E-state index contributed by atoms with van der Waals surface area (Å²) in [5.74, 6) is -0.668. The van der Waals surface area contributed by atoms with E-state index >= 15 is 0 Å². The molecule has 128 valence electrons. The molecular weight excluding hydrogens is 330 g/mol. The van der Waals surface area contributed by atoms with E-state index in [1.165, 1.54) is 0 Å². The monoisotopic (exact) mass is 345 g/mol.